The molecule has 1 aromatic carbocycles. The predicted molar refractivity (Wildman–Crippen MR) is 75.7 cm³/mol. The highest BCUT2D eigenvalue weighted by Gasteiger charge is 2.05. The van der Waals surface area contributed by atoms with Crippen molar-refractivity contribution >= 4 is 22.4 Å². The normalized spacial score (nSPS) is 10.9. The lowest BCUT2D eigenvalue weighted by Crippen LogP contribution is -2.20. The summed E-state index contributed by atoms with van der Waals surface area (Å²) in [6.45, 7) is 1.81. The quantitative estimate of drug-likeness (QED) is 0.858. The van der Waals surface area contributed by atoms with Gasteiger partial charge in [-0.1, -0.05) is 6.07 Å². The van der Waals surface area contributed by atoms with Crippen molar-refractivity contribution in [3.05, 3.63) is 36.2 Å². The van der Waals surface area contributed by atoms with Gasteiger partial charge in [-0.25, -0.2) is 9.78 Å². The third-order valence-corrected chi connectivity index (χ3v) is 2.83. The van der Waals surface area contributed by atoms with Crippen LogP contribution in [0.1, 0.15) is 10.5 Å². The molecule has 0 aliphatic heterocycles. The Morgan fingerprint density at radius 1 is 1.32 bits per heavy atom. The Kier molecular flexibility index (Phi) is 3.97. The van der Waals surface area contributed by atoms with Crippen LogP contribution in [0.4, 0.5) is 5.69 Å². The fourth-order valence-electron chi connectivity index (χ4n) is 1.79. The van der Waals surface area contributed by atoms with Crippen LogP contribution in [0.5, 0.6) is 0 Å². The molecule has 19 heavy (non-hydrogen) atoms. The highest BCUT2D eigenvalue weighted by molar-refractivity contribution is 5.92. The number of carbonyl (C=O) groups is 1. The van der Waals surface area contributed by atoms with Gasteiger partial charge in [-0.2, -0.15) is 0 Å². The monoisotopic (exact) mass is 259 g/mol. The molecule has 0 atom stereocenters. The topological polar surface area (TPSA) is 65.5 Å². The fourth-order valence-corrected chi connectivity index (χ4v) is 1.79. The maximum absolute atomic E-state index is 10.8. The van der Waals surface area contributed by atoms with Crippen molar-refractivity contribution in [1.82, 2.24) is 9.88 Å². The third kappa shape index (κ3) is 3.42. The minimum absolute atomic E-state index is 0.0702. The van der Waals surface area contributed by atoms with Gasteiger partial charge in [0.05, 0.1) is 0 Å². The summed E-state index contributed by atoms with van der Waals surface area (Å²) in [7, 11) is 4.05. The Bertz CT molecular complexity index is 596. The van der Waals surface area contributed by atoms with E-state index in [1.807, 2.05) is 32.3 Å². The van der Waals surface area contributed by atoms with E-state index in [0.717, 1.165) is 29.5 Å². The summed E-state index contributed by atoms with van der Waals surface area (Å²) in [5.41, 5.74) is 1.08. The smallest absolute Gasteiger partial charge is 0.354 e. The molecule has 0 aliphatic rings. The number of nitrogens with zero attached hydrogens (tertiary/aromatic N) is 2. The second-order valence-corrected chi connectivity index (χ2v) is 4.67. The molecule has 2 rings (SSSR count). The summed E-state index contributed by atoms with van der Waals surface area (Å²) in [6.07, 6.45) is 1.59. The molecule has 0 fully saturated rings. The van der Waals surface area contributed by atoms with Crippen molar-refractivity contribution in [1.29, 1.82) is 0 Å². The fraction of sp³-hybridized carbons (Fsp3) is 0.286. The van der Waals surface area contributed by atoms with E-state index in [4.69, 9.17) is 5.11 Å². The lowest BCUT2D eigenvalue weighted by molar-refractivity contribution is 0.0690. The van der Waals surface area contributed by atoms with E-state index in [0.29, 0.717) is 0 Å². The third-order valence-electron chi connectivity index (χ3n) is 2.83. The van der Waals surface area contributed by atoms with Gasteiger partial charge in [-0.15, -0.1) is 0 Å². The van der Waals surface area contributed by atoms with Crippen molar-refractivity contribution in [2.45, 2.75) is 0 Å². The van der Waals surface area contributed by atoms with Gasteiger partial charge in [0.15, 0.2) is 0 Å². The molecule has 1 aromatic heterocycles. The molecule has 0 spiro atoms. The van der Waals surface area contributed by atoms with E-state index >= 15 is 0 Å². The van der Waals surface area contributed by atoms with E-state index in [1.165, 1.54) is 0 Å². The van der Waals surface area contributed by atoms with Crippen LogP contribution in [0, 0.1) is 0 Å². The molecular formula is C14H17N3O2. The molecule has 0 unspecified atom stereocenters. The summed E-state index contributed by atoms with van der Waals surface area (Å²) in [5.74, 6) is -1.00. The molecule has 2 N–H and O–H groups in total. The van der Waals surface area contributed by atoms with E-state index in [1.54, 1.807) is 12.3 Å². The van der Waals surface area contributed by atoms with Gasteiger partial charge < -0.3 is 15.3 Å². The van der Waals surface area contributed by atoms with Crippen LogP contribution in [0.25, 0.3) is 10.8 Å². The van der Waals surface area contributed by atoms with Crippen LogP contribution in [-0.4, -0.2) is 48.1 Å². The summed E-state index contributed by atoms with van der Waals surface area (Å²) in [4.78, 5) is 16.9. The minimum atomic E-state index is -1.00. The van der Waals surface area contributed by atoms with E-state index < -0.39 is 5.97 Å². The number of rotatable bonds is 5. The standard InChI is InChI=1S/C14H17N3O2/c1-17(2)6-5-15-12-4-3-10-8-13(14(18)19)16-9-11(10)7-12/h3-4,7-9,15H,5-6H2,1-2H3,(H,18,19). The predicted octanol–water partition coefficient (Wildman–Crippen LogP) is 1.91. The van der Waals surface area contributed by atoms with Gasteiger partial charge in [0, 0.05) is 30.4 Å². The van der Waals surface area contributed by atoms with Gasteiger partial charge in [0.1, 0.15) is 5.69 Å². The molecule has 100 valence electrons. The maximum Gasteiger partial charge on any atom is 0.354 e. The van der Waals surface area contributed by atoms with Gasteiger partial charge in [-0.05, 0) is 37.7 Å². The number of pyridine rings is 1. The summed E-state index contributed by atoms with van der Waals surface area (Å²) in [5, 5.41) is 14.0. The number of aromatic carboxylic acids is 1. The number of benzene rings is 1. The number of anilines is 1. The summed E-state index contributed by atoms with van der Waals surface area (Å²) >= 11 is 0. The SMILES string of the molecule is CN(C)CCNc1ccc2cc(C(=O)O)ncc2c1. The first-order chi connectivity index (χ1) is 9.06. The zero-order valence-electron chi connectivity index (χ0n) is 11.1. The lowest BCUT2D eigenvalue weighted by atomic mass is 10.1. The number of aromatic nitrogens is 1. The van der Waals surface area contributed by atoms with Gasteiger partial charge in [-0.3, -0.25) is 0 Å². The second-order valence-electron chi connectivity index (χ2n) is 4.67. The molecule has 2 aromatic rings. The second kappa shape index (κ2) is 5.67. The average molecular weight is 259 g/mol. The maximum atomic E-state index is 10.8. The first kappa shape index (κ1) is 13.3. The zero-order valence-corrected chi connectivity index (χ0v) is 11.1. The number of carboxylic acids is 1. The lowest BCUT2D eigenvalue weighted by Gasteiger charge is -2.11. The van der Waals surface area contributed by atoms with Crippen molar-refractivity contribution in [2.75, 3.05) is 32.5 Å². The number of likely N-dealkylation sites (N-methyl/N-ethyl adjacent to an activating group) is 1. The molecule has 0 saturated carbocycles. The first-order valence-electron chi connectivity index (χ1n) is 6.08. The van der Waals surface area contributed by atoms with Crippen LogP contribution < -0.4 is 5.32 Å². The Labute approximate surface area is 111 Å². The van der Waals surface area contributed by atoms with Crippen molar-refractivity contribution in [3.63, 3.8) is 0 Å². The van der Waals surface area contributed by atoms with E-state index in [2.05, 4.69) is 15.2 Å². The number of nitrogens with one attached hydrogen (secondary N) is 1. The van der Waals surface area contributed by atoms with Crippen LogP contribution in [0.2, 0.25) is 0 Å². The number of fused-ring (bicyclic) bond motifs is 1. The van der Waals surface area contributed by atoms with E-state index in [-0.39, 0.29) is 5.69 Å². The molecule has 0 radical (unpaired) electrons. The molecule has 0 saturated heterocycles. The van der Waals surface area contributed by atoms with Crippen LogP contribution >= 0.6 is 0 Å². The highest BCUT2D eigenvalue weighted by atomic mass is 16.4. The average Bonchev–Trinajstić information content (AvgIpc) is 2.37. The van der Waals surface area contributed by atoms with Gasteiger partial charge in [0.25, 0.3) is 0 Å². The minimum Gasteiger partial charge on any atom is -0.477 e. The van der Waals surface area contributed by atoms with Crippen LogP contribution in [-0.2, 0) is 0 Å². The van der Waals surface area contributed by atoms with E-state index in [9.17, 15) is 4.79 Å². The Hall–Kier alpha value is -2.14. The van der Waals surface area contributed by atoms with Gasteiger partial charge in [0.2, 0.25) is 0 Å². The highest BCUT2D eigenvalue weighted by Crippen LogP contribution is 2.19. The molecule has 5 nitrogen and oxygen atoms in total. The van der Waals surface area contributed by atoms with Crippen LogP contribution in [0.3, 0.4) is 0 Å². The Balaban J connectivity index is 2.17. The zero-order chi connectivity index (χ0) is 13.8. The Morgan fingerprint density at radius 2 is 2.11 bits per heavy atom. The first-order valence-corrected chi connectivity index (χ1v) is 6.08. The molecule has 0 bridgehead atoms. The Morgan fingerprint density at radius 3 is 2.79 bits per heavy atom. The molecular weight excluding hydrogens is 242 g/mol. The number of hydrogen-bond acceptors (Lipinski definition) is 4. The van der Waals surface area contributed by atoms with Crippen LogP contribution in [0.15, 0.2) is 30.5 Å². The van der Waals surface area contributed by atoms with Crippen molar-refractivity contribution in [3.8, 4) is 0 Å². The number of hydrogen-bond donors (Lipinski definition) is 2. The summed E-state index contributed by atoms with van der Waals surface area (Å²) < 4.78 is 0. The molecule has 0 amide bonds. The molecule has 0 aliphatic carbocycles. The summed E-state index contributed by atoms with van der Waals surface area (Å²) in [6, 6.07) is 7.41. The van der Waals surface area contributed by atoms with Crippen molar-refractivity contribution in [2.24, 2.45) is 0 Å². The molecule has 5 heteroatoms. The number of carboxylic acid groups (broad SMARTS) is 1. The van der Waals surface area contributed by atoms with Crippen molar-refractivity contribution < 1.29 is 9.90 Å². The largest absolute Gasteiger partial charge is 0.477 e. The van der Waals surface area contributed by atoms with Gasteiger partial charge >= 0.3 is 5.97 Å². The molecule has 1 heterocycles.